The van der Waals surface area contributed by atoms with Gasteiger partial charge in [-0.3, -0.25) is 9.59 Å². The minimum absolute atomic E-state index is 0.0173. The monoisotopic (exact) mass is 317 g/mol. The smallest absolute Gasteiger partial charge is 0.222 e. The van der Waals surface area contributed by atoms with Gasteiger partial charge < -0.3 is 16.0 Å². The van der Waals surface area contributed by atoms with Crippen molar-refractivity contribution in [3.05, 3.63) is 35.9 Å². The van der Waals surface area contributed by atoms with Crippen LogP contribution in [0.2, 0.25) is 0 Å². The van der Waals surface area contributed by atoms with Crippen molar-refractivity contribution in [3.63, 3.8) is 0 Å². The van der Waals surface area contributed by atoms with E-state index >= 15 is 0 Å². The number of nitrogens with two attached hydrogens (primary N) is 1. The fraction of sp³-hybridized carbons (Fsp3) is 0.556. The molecule has 1 fully saturated rings. The molecule has 23 heavy (non-hydrogen) atoms. The van der Waals surface area contributed by atoms with Gasteiger partial charge >= 0.3 is 0 Å². The molecule has 0 spiro atoms. The normalized spacial score (nSPS) is 20.5. The quantitative estimate of drug-likeness (QED) is 0.800. The van der Waals surface area contributed by atoms with E-state index in [-0.39, 0.29) is 11.8 Å². The van der Waals surface area contributed by atoms with Crippen molar-refractivity contribution < 1.29 is 9.59 Å². The van der Waals surface area contributed by atoms with Crippen LogP contribution in [0.3, 0.4) is 0 Å². The Hall–Kier alpha value is -1.88. The maximum atomic E-state index is 12.4. The molecule has 3 N–H and O–H groups in total. The zero-order valence-corrected chi connectivity index (χ0v) is 13.8. The second-order valence-corrected chi connectivity index (χ2v) is 6.12. The molecule has 1 aliphatic heterocycles. The van der Waals surface area contributed by atoms with Crippen LogP contribution in [0.5, 0.6) is 0 Å². The summed E-state index contributed by atoms with van der Waals surface area (Å²) in [6.07, 6.45) is 1.44. The summed E-state index contributed by atoms with van der Waals surface area (Å²) in [5, 5.41) is 2.75. The SMILES string of the molecule is CCNC(=O)CCCC(=O)N1C[C@@H](CN)[C@H](c2ccccc2)C1. The largest absolute Gasteiger partial charge is 0.356 e. The van der Waals surface area contributed by atoms with E-state index in [9.17, 15) is 9.59 Å². The maximum Gasteiger partial charge on any atom is 0.222 e. The van der Waals surface area contributed by atoms with Crippen LogP contribution < -0.4 is 11.1 Å². The molecule has 5 nitrogen and oxygen atoms in total. The van der Waals surface area contributed by atoms with Gasteiger partial charge in [-0.15, -0.1) is 0 Å². The zero-order valence-electron chi connectivity index (χ0n) is 13.8. The highest BCUT2D eigenvalue weighted by atomic mass is 16.2. The molecule has 0 aromatic heterocycles. The van der Waals surface area contributed by atoms with Gasteiger partial charge in [0.1, 0.15) is 0 Å². The summed E-state index contributed by atoms with van der Waals surface area (Å²) < 4.78 is 0. The second kappa shape index (κ2) is 8.67. The van der Waals surface area contributed by atoms with Crippen molar-refractivity contribution in [2.75, 3.05) is 26.2 Å². The number of benzene rings is 1. The molecule has 126 valence electrons. The summed E-state index contributed by atoms with van der Waals surface area (Å²) >= 11 is 0. The highest BCUT2D eigenvalue weighted by Crippen LogP contribution is 2.32. The summed E-state index contributed by atoms with van der Waals surface area (Å²) in [5.41, 5.74) is 7.16. The molecule has 1 aromatic carbocycles. The van der Waals surface area contributed by atoms with Gasteiger partial charge in [0.15, 0.2) is 0 Å². The van der Waals surface area contributed by atoms with Crippen molar-refractivity contribution in [1.29, 1.82) is 0 Å². The molecule has 0 bridgehead atoms. The van der Waals surface area contributed by atoms with Crippen molar-refractivity contribution in [1.82, 2.24) is 10.2 Å². The summed E-state index contributed by atoms with van der Waals surface area (Å²) in [4.78, 5) is 25.7. The third-order valence-electron chi connectivity index (χ3n) is 4.49. The summed E-state index contributed by atoms with van der Waals surface area (Å²) in [6.45, 7) is 4.56. The van der Waals surface area contributed by atoms with E-state index in [4.69, 9.17) is 5.73 Å². The standard InChI is InChI=1S/C18H27N3O2/c1-2-20-17(22)9-6-10-18(23)21-12-15(11-19)16(13-21)14-7-4-3-5-8-14/h3-5,7-8,15-16H,2,6,9-13,19H2,1H3,(H,20,22)/t15-,16+/m1/s1. The van der Waals surface area contributed by atoms with Crippen molar-refractivity contribution >= 4 is 11.8 Å². The topological polar surface area (TPSA) is 75.4 Å². The highest BCUT2D eigenvalue weighted by Gasteiger charge is 2.34. The van der Waals surface area contributed by atoms with Crippen molar-refractivity contribution in [2.24, 2.45) is 11.7 Å². The van der Waals surface area contributed by atoms with E-state index in [0.29, 0.717) is 44.2 Å². The zero-order chi connectivity index (χ0) is 16.7. The van der Waals surface area contributed by atoms with Gasteiger partial charge in [-0.25, -0.2) is 0 Å². The lowest BCUT2D eigenvalue weighted by atomic mass is 9.89. The van der Waals surface area contributed by atoms with Gasteiger partial charge in [0.2, 0.25) is 11.8 Å². The molecule has 2 rings (SSSR count). The van der Waals surface area contributed by atoms with Gasteiger partial charge in [-0.1, -0.05) is 30.3 Å². The van der Waals surface area contributed by atoms with Gasteiger partial charge in [0.05, 0.1) is 0 Å². The molecule has 1 heterocycles. The predicted octanol–water partition coefficient (Wildman–Crippen LogP) is 1.49. The molecule has 1 aliphatic rings. The van der Waals surface area contributed by atoms with Crippen molar-refractivity contribution in [3.8, 4) is 0 Å². The average molecular weight is 317 g/mol. The van der Waals surface area contributed by atoms with Crippen LogP contribution in [0.4, 0.5) is 0 Å². The number of amides is 2. The van der Waals surface area contributed by atoms with E-state index in [1.54, 1.807) is 0 Å². The first kappa shape index (κ1) is 17.5. The van der Waals surface area contributed by atoms with Crippen LogP contribution in [-0.2, 0) is 9.59 Å². The minimum Gasteiger partial charge on any atom is -0.356 e. The molecule has 0 saturated carbocycles. The second-order valence-electron chi connectivity index (χ2n) is 6.12. The number of hydrogen-bond acceptors (Lipinski definition) is 3. The number of rotatable bonds is 7. The number of carbonyl (C=O) groups is 2. The predicted molar refractivity (Wildman–Crippen MR) is 90.8 cm³/mol. The average Bonchev–Trinajstić information content (AvgIpc) is 3.00. The van der Waals surface area contributed by atoms with Crippen LogP contribution in [0.1, 0.15) is 37.7 Å². The minimum atomic E-state index is 0.0173. The molecule has 2 atom stereocenters. The Bertz CT molecular complexity index is 518. The Labute approximate surface area is 138 Å². The Morgan fingerprint density at radius 3 is 2.61 bits per heavy atom. The third-order valence-corrected chi connectivity index (χ3v) is 4.49. The Morgan fingerprint density at radius 1 is 1.22 bits per heavy atom. The van der Waals surface area contributed by atoms with Gasteiger partial charge in [0.25, 0.3) is 0 Å². The molecule has 2 amide bonds. The van der Waals surface area contributed by atoms with E-state index in [2.05, 4.69) is 17.4 Å². The van der Waals surface area contributed by atoms with E-state index in [1.165, 1.54) is 5.56 Å². The molecule has 5 heteroatoms. The fourth-order valence-electron chi connectivity index (χ4n) is 3.24. The summed E-state index contributed by atoms with van der Waals surface area (Å²) in [7, 11) is 0. The van der Waals surface area contributed by atoms with E-state index in [1.807, 2.05) is 30.0 Å². The lowest BCUT2D eigenvalue weighted by Gasteiger charge is -2.16. The fourth-order valence-corrected chi connectivity index (χ4v) is 3.24. The van der Waals surface area contributed by atoms with E-state index < -0.39 is 0 Å². The highest BCUT2D eigenvalue weighted by molar-refractivity contribution is 5.79. The van der Waals surface area contributed by atoms with Gasteiger partial charge in [-0.2, -0.15) is 0 Å². The molecule has 1 saturated heterocycles. The molecular weight excluding hydrogens is 290 g/mol. The lowest BCUT2D eigenvalue weighted by molar-refractivity contribution is -0.130. The van der Waals surface area contributed by atoms with Gasteiger partial charge in [0, 0.05) is 38.4 Å². The molecule has 0 aliphatic carbocycles. The third kappa shape index (κ3) is 4.79. The Kier molecular flexibility index (Phi) is 6.59. The maximum absolute atomic E-state index is 12.4. The first-order valence-corrected chi connectivity index (χ1v) is 8.45. The van der Waals surface area contributed by atoms with Gasteiger partial charge in [-0.05, 0) is 31.4 Å². The number of likely N-dealkylation sites (tertiary alicyclic amines) is 1. The van der Waals surface area contributed by atoms with Crippen LogP contribution in [0.25, 0.3) is 0 Å². The van der Waals surface area contributed by atoms with Crippen LogP contribution in [-0.4, -0.2) is 42.9 Å². The van der Waals surface area contributed by atoms with Crippen LogP contribution in [0, 0.1) is 5.92 Å². The first-order valence-electron chi connectivity index (χ1n) is 8.45. The number of nitrogens with one attached hydrogen (secondary N) is 1. The lowest BCUT2D eigenvalue weighted by Crippen LogP contribution is -2.30. The molecular formula is C18H27N3O2. The Balaban J connectivity index is 1.86. The van der Waals surface area contributed by atoms with E-state index in [0.717, 1.165) is 13.1 Å². The number of carbonyl (C=O) groups excluding carboxylic acids is 2. The number of nitrogens with zero attached hydrogens (tertiary/aromatic N) is 1. The first-order chi connectivity index (χ1) is 11.2. The summed E-state index contributed by atoms with van der Waals surface area (Å²) in [6, 6.07) is 10.3. The summed E-state index contributed by atoms with van der Waals surface area (Å²) in [5.74, 6) is 0.771. The van der Waals surface area contributed by atoms with Crippen LogP contribution >= 0.6 is 0 Å². The Morgan fingerprint density at radius 2 is 1.96 bits per heavy atom. The molecule has 1 aromatic rings. The number of hydrogen-bond donors (Lipinski definition) is 2. The molecule has 0 radical (unpaired) electrons. The van der Waals surface area contributed by atoms with Crippen molar-refractivity contribution in [2.45, 2.75) is 32.1 Å². The van der Waals surface area contributed by atoms with Crippen LogP contribution in [0.15, 0.2) is 30.3 Å². The molecule has 0 unspecified atom stereocenters.